The fourth-order valence-electron chi connectivity index (χ4n) is 5.24. The van der Waals surface area contributed by atoms with E-state index in [1.54, 1.807) is 6.20 Å². The highest BCUT2D eigenvalue weighted by Gasteiger charge is 2.43. The van der Waals surface area contributed by atoms with E-state index in [-0.39, 0.29) is 67.1 Å². The summed E-state index contributed by atoms with van der Waals surface area (Å²) < 4.78 is 38.3. The fraction of sp³-hybridized carbons (Fsp3) is 0.393. The average Bonchev–Trinajstić information content (AvgIpc) is 3.01. The molecule has 1 aromatic carbocycles. The molecule has 44 heavy (non-hydrogen) atoms. The number of oxime groups is 1. The summed E-state index contributed by atoms with van der Waals surface area (Å²) in [4.78, 5) is 45.2. The van der Waals surface area contributed by atoms with E-state index < -0.39 is 29.7 Å². The maximum atomic E-state index is 14.4. The van der Waals surface area contributed by atoms with Crippen LogP contribution in [-0.2, 0) is 19.1 Å². The summed E-state index contributed by atoms with van der Waals surface area (Å²) in [5.41, 5.74) is 1.03. The molecule has 0 radical (unpaired) electrons. The predicted octanol–water partition coefficient (Wildman–Crippen LogP) is 3.43. The van der Waals surface area contributed by atoms with E-state index in [0.29, 0.717) is 25.4 Å². The van der Waals surface area contributed by atoms with Crippen molar-refractivity contribution in [1.82, 2.24) is 25.2 Å². The molecular weight excluding hydrogens is 625 g/mol. The Morgan fingerprint density at radius 1 is 1.18 bits per heavy atom. The van der Waals surface area contributed by atoms with Gasteiger partial charge in [0.1, 0.15) is 6.04 Å². The number of rotatable bonds is 11. The van der Waals surface area contributed by atoms with Crippen molar-refractivity contribution in [2.75, 3.05) is 47.0 Å². The Balaban J connectivity index is 0.00000337. The van der Waals surface area contributed by atoms with Crippen molar-refractivity contribution in [2.45, 2.75) is 24.8 Å². The van der Waals surface area contributed by atoms with Crippen LogP contribution >= 0.6 is 24.8 Å². The van der Waals surface area contributed by atoms with Gasteiger partial charge in [0.2, 0.25) is 6.41 Å². The second kappa shape index (κ2) is 16.9. The lowest BCUT2D eigenvalue weighted by Gasteiger charge is -2.42. The first kappa shape index (κ1) is 36.3. The van der Waals surface area contributed by atoms with Crippen molar-refractivity contribution in [3.63, 3.8) is 0 Å². The van der Waals surface area contributed by atoms with Gasteiger partial charge in [-0.2, -0.15) is 0 Å². The maximum Gasteiger partial charge on any atom is 0.341 e. The molecular formula is C28H34Cl2F2N6O6. The first-order valence-corrected chi connectivity index (χ1v) is 13.2. The summed E-state index contributed by atoms with van der Waals surface area (Å²) in [5, 5.41) is 17.5. The molecule has 12 nitrogen and oxygen atoms in total. The molecule has 0 spiro atoms. The van der Waals surface area contributed by atoms with Crippen LogP contribution in [0.2, 0.25) is 0 Å². The topological polar surface area (TPSA) is 137 Å². The van der Waals surface area contributed by atoms with Crippen LogP contribution in [0.15, 0.2) is 59.0 Å². The number of carbonyl (C=O) groups excluding carboxylic acids is 3. The van der Waals surface area contributed by atoms with Crippen LogP contribution in [0.3, 0.4) is 0 Å². The number of hydrogen-bond acceptors (Lipinski definition) is 9. The lowest BCUT2D eigenvalue weighted by atomic mass is 9.93. The van der Waals surface area contributed by atoms with Crippen molar-refractivity contribution in [1.29, 1.82) is 0 Å². The second-order valence-electron chi connectivity index (χ2n) is 9.84. The van der Waals surface area contributed by atoms with E-state index in [1.165, 1.54) is 13.2 Å². The molecule has 16 heteroatoms. The van der Waals surface area contributed by atoms with Crippen molar-refractivity contribution in [3.8, 4) is 0 Å². The number of ether oxygens (including phenoxy) is 2. The number of esters is 1. The first-order valence-electron chi connectivity index (χ1n) is 13.2. The number of hydrazine groups is 1. The molecule has 1 unspecified atom stereocenters. The molecule has 1 fully saturated rings. The Labute approximate surface area is 265 Å². The van der Waals surface area contributed by atoms with Crippen LogP contribution < -0.4 is 5.32 Å². The van der Waals surface area contributed by atoms with Gasteiger partial charge >= 0.3 is 12.0 Å². The van der Waals surface area contributed by atoms with Gasteiger partial charge in [0.05, 0.1) is 37.2 Å². The summed E-state index contributed by atoms with van der Waals surface area (Å²) in [6, 6.07) is 6.40. The van der Waals surface area contributed by atoms with Crippen molar-refractivity contribution in [2.24, 2.45) is 5.16 Å². The van der Waals surface area contributed by atoms with E-state index in [2.05, 4.69) is 20.4 Å². The summed E-state index contributed by atoms with van der Waals surface area (Å²) in [6.45, 7) is 0.984. The zero-order valence-electron chi connectivity index (χ0n) is 24.0. The van der Waals surface area contributed by atoms with E-state index in [4.69, 9.17) is 9.47 Å². The Morgan fingerprint density at radius 3 is 2.48 bits per heavy atom. The number of urea groups is 1. The zero-order valence-corrected chi connectivity index (χ0v) is 25.7. The number of aromatic nitrogens is 1. The number of pyridine rings is 1. The Morgan fingerprint density at radius 2 is 1.91 bits per heavy atom. The van der Waals surface area contributed by atoms with Crippen LogP contribution in [0.25, 0.3) is 0 Å². The minimum atomic E-state index is -1.41. The SMILES string of the molecule is COCC1=C(C(=O)OC)C(c2ccc(F)c(F)c2)N(N(C=O)CC(CN2CCC(c3ccccn3)CC2)=NO)C(=O)N1.Cl.Cl. The van der Waals surface area contributed by atoms with Crippen LogP contribution in [0, 0.1) is 11.6 Å². The number of halogens is 4. The molecule has 1 saturated heterocycles. The number of nitrogens with one attached hydrogen (secondary N) is 1. The third-order valence-electron chi connectivity index (χ3n) is 7.25. The minimum Gasteiger partial charge on any atom is -0.466 e. The molecule has 0 saturated carbocycles. The molecule has 2 aliphatic heterocycles. The molecule has 2 N–H and O–H groups in total. The fourth-order valence-corrected chi connectivity index (χ4v) is 5.24. The lowest BCUT2D eigenvalue weighted by molar-refractivity contribution is -0.140. The van der Waals surface area contributed by atoms with Gasteiger partial charge in [-0.25, -0.2) is 28.4 Å². The van der Waals surface area contributed by atoms with Gasteiger partial charge in [0.25, 0.3) is 0 Å². The minimum absolute atomic E-state index is 0. The maximum absolute atomic E-state index is 14.4. The Bertz CT molecular complexity index is 1360. The van der Waals surface area contributed by atoms with Crippen LogP contribution in [0.5, 0.6) is 0 Å². The third-order valence-corrected chi connectivity index (χ3v) is 7.25. The number of benzene rings is 1. The molecule has 0 bridgehead atoms. The number of likely N-dealkylation sites (tertiary alicyclic amines) is 1. The number of methoxy groups -OCH3 is 2. The van der Waals surface area contributed by atoms with Gasteiger partial charge < -0.3 is 20.0 Å². The monoisotopic (exact) mass is 658 g/mol. The van der Waals surface area contributed by atoms with Crippen LogP contribution in [0.4, 0.5) is 13.6 Å². The number of hydrogen-bond donors (Lipinski definition) is 2. The smallest absolute Gasteiger partial charge is 0.341 e. The molecule has 4 rings (SSSR count). The highest BCUT2D eigenvalue weighted by atomic mass is 35.5. The number of carbonyl (C=O) groups is 3. The summed E-state index contributed by atoms with van der Waals surface area (Å²) in [5.74, 6) is -2.96. The van der Waals surface area contributed by atoms with Gasteiger partial charge in [-0.05, 0) is 55.8 Å². The molecule has 1 atom stereocenters. The average molecular weight is 660 g/mol. The Hall–Kier alpha value is -3.85. The van der Waals surface area contributed by atoms with Gasteiger partial charge in [-0.3, -0.25) is 14.7 Å². The van der Waals surface area contributed by atoms with Gasteiger partial charge in [-0.15, -0.1) is 24.8 Å². The summed E-state index contributed by atoms with van der Waals surface area (Å²) in [7, 11) is 2.46. The van der Waals surface area contributed by atoms with Crippen molar-refractivity contribution < 1.29 is 37.8 Å². The quantitative estimate of drug-likeness (QED) is 0.123. The summed E-state index contributed by atoms with van der Waals surface area (Å²) >= 11 is 0. The van der Waals surface area contributed by atoms with Crippen LogP contribution in [0.1, 0.15) is 36.1 Å². The third kappa shape index (κ3) is 8.20. The number of amides is 3. The standard InChI is InChI=1S/C28H32F2N6O6.2ClH/c1-41-16-24-25(27(38)42-2)26(19-6-7-21(29)22(30)13-19)36(28(39)32-24)35(17-37)15-20(33-40)14-34-11-8-18(9-12-34)23-5-3-4-10-31-23;;/h3-7,10,13,17-18,26,40H,8-9,11-12,14-16H2,1-2H3,(H,32,39);2*1H. The van der Waals surface area contributed by atoms with Gasteiger partial charge in [-0.1, -0.05) is 17.3 Å². The highest BCUT2D eigenvalue weighted by Crippen LogP contribution is 2.36. The van der Waals surface area contributed by atoms with Crippen molar-refractivity contribution >= 4 is 48.9 Å². The molecule has 3 amide bonds. The normalized spacial score (nSPS) is 17.7. The second-order valence-corrected chi connectivity index (χ2v) is 9.84. The molecule has 240 valence electrons. The summed E-state index contributed by atoms with van der Waals surface area (Å²) in [6.07, 6.45) is 3.74. The van der Waals surface area contributed by atoms with E-state index in [1.807, 2.05) is 18.2 Å². The molecule has 0 aliphatic carbocycles. The molecule has 2 aromatic rings. The van der Waals surface area contributed by atoms with Gasteiger partial charge in [0, 0.05) is 31.5 Å². The van der Waals surface area contributed by atoms with Crippen molar-refractivity contribution in [3.05, 3.63) is 76.8 Å². The first-order chi connectivity index (χ1) is 20.3. The predicted molar refractivity (Wildman–Crippen MR) is 160 cm³/mol. The van der Waals surface area contributed by atoms with E-state index in [9.17, 15) is 28.4 Å². The van der Waals surface area contributed by atoms with Crippen LogP contribution in [-0.4, -0.2) is 96.2 Å². The zero-order chi connectivity index (χ0) is 30.2. The highest BCUT2D eigenvalue weighted by molar-refractivity contribution is 5.96. The number of nitrogens with zero attached hydrogens (tertiary/aromatic N) is 5. The van der Waals surface area contributed by atoms with E-state index in [0.717, 1.165) is 47.8 Å². The molecule has 3 heterocycles. The number of piperidine rings is 1. The molecule has 1 aromatic heterocycles. The Kier molecular flexibility index (Phi) is 13.9. The largest absolute Gasteiger partial charge is 0.466 e. The van der Waals surface area contributed by atoms with Gasteiger partial charge in [0.15, 0.2) is 11.6 Å². The lowest BCUT2D eigenvalue weighted by Crippen LogP contribution is -2.58. The van der Waals surface area contributed by atoms with E-state index >= 15 is 0 Å². The molecule has 2 aliphatic rings.